The third-order valence-corrected chi connectivity index (χ3v) is 8.04. The molecule has 0 spiro atoms. The van der Waals surface area contributed by atoms with Crippen LogP contribution in [0.25, 0.3) is 0 Å². The van der Waals surface area contributed by atoms with Crippen LogP contribution < -0.4 is 0 Å². The molecule has 66 heavy (non-hydrogen) atoms. The van der Waals surface area contributed by atoms with Crippen molar-refractivity contribution in [2.75, 3.05) is 19.8 Å². The third kappa shape index (κ3) is 35.0. The second-order valence-electron chi connectivity index (χ2n) is 15.6. The highest BCUT2D eigenvalue weighted by Gasteiger charge is 2.26. The Morgan fingerprint density at radius 1 is 0.364 bits per heavy atom. The van der Waals surface area contributed by atoms with Crippen LogP contribution in [0.15, 0.2) is 128 Å². The number of nitrogens with zero attached hydrogens (tertiary/aromatic N) is 4. The van der Waals surface area contributed by atoms with Crippen LogP contribution in [0, 0.1) is 5.92 Å². The van der Waals surface area contributed by atoms with E-state index in [1.807, 2.05) is 98.9 Å². The lowest BCUT2D eigenvalue weighted by Gasteiger charge is -2.29. The number of hydrogen-bond acceptors (Lipinski definition) is 7. The maximum atomic E-state index is 5.90. The van der Waals surface area contributed by atoms with Crippen molar-refractivity contribution in [3.8, 4) is 0 Å². The molecule has 4 aromatic heterocycles. The predicted molar refractivity (Wildman–Crippen MR) is 287 cm³/mol. The smallest absolute Gasteiger partial charge is 0.141 e. The molecule has 5 aromatic rings. The van der Waals surface area contributed by atoms with Gasteiger partial charge in [-0.05, 0) is 93.6 Å². The maximum Gasteiger partial charge on any atom is 0.141 e. The highest BCUT2D eigenvalue weighted by Crippen LogP contribution is 2.36. The fraction of sp³-hybridized carbons (Fsp3) is 0.559. The molecule has 6 rings (SSSR count). The largest absolute Gasteiger partial charge is 0.372 e. The molecule has 1 aliphatic rings. The van der Waals surface area contributed by atoms with Gasteiger partial charge in [-0.3, -0.25) is 19.9 Å². The van der Waals surface area contributed by atoms with Crippen molar-refractivity contribution in [3.63, 3.8) is 0 Å². The van der Waals surface area contributed by atoms with E-state index in [-0.39, 0.29) is 18.3 Å². The molecule has 0 aliphatic heterocycles. The van der Waals surface area contributed by atoms with Crippen molar-refractivity contribution < 1.29 is 14.2 Å². The first-order valence-electron chi connectivity index (χ1n) is 25.8. The van der Waals surface area contributed by atoms with Crippen LogP contribution in [0.4, 0.5) is 0 Å². The van der Waals surface area contributed by atoms with Crippen molar-refractivity contribution >= 4 is 0 Å². The Bertz CT molecular complexity index is 1410. The fourth-order valence-electron chi connectivity index (χ4n) is 5.85. The molecule has 1 aromatic carbocycles. The molecule has 7 nitrogen and oxygen atoms in total. The number of rotatable bonds is 12. The summed E-state index contributed by atoms with van der Waals surface area (Å²) in [6.45, 7) is 33.6. The van der Waals surface area contributed by atoms with Gasteiger partial charge in [-0.2, -0.15) is 0 Å². The van der Waals surface area contributed by atoms with Gasteiger partial charge < -0.3 is 14.2 Å². The normalized spacial score (nSPS) is 11.9. The van der Waals surface area contributed by atoms with Crippen LogP contribution >= 0.6 is 0 Å². The first kappa shape index (κ1) is 66.0. The van der Waals surface area contributed by atoms with E-state index < -0.39 is 0 Å². The molecule has 2 atom stereocenters. The molecule has 1 fully saturated rings. The molecule has 0 saturated heterocycles. The third-order valence-electron chi connectivity index (χ3n) is 8.04. The summed E-state index contributed by atoms with van der Waals surface area (Å²) in [5.41, 5.74) is 4.99. The number of aromatic nitrogens is 4. The quantitative estimate of drug-likeness (QED) is 0.123. The minimum atomic E-state index is -0.174. The summed E-state index contributed by atoms with van der Waals surface area (Å²) in [5, 5.41) is 0. The van der Waals surface area contributed by atoms with Crippen molar-refractivity contribution in [2.24, 2.45) is 5.92 Å². The molecule has 1 saturated carbocycles. The van der Waals surface area contributed by atoms with Crippen LogP contribution in [0.3, 0.4) is 0 Å². The first-order valence-corrected chi connectivity index (χ1v) is 25.8. The highest BCUT2D eigenvalue weighted by atomic mass is 16.5. The van der Waals surface area contributed by atoms with Gasteiger partial charge in [0.15, 0.2) is 0 Å². The van der Waals surface area contributed by atoms with E-state index >= 15 is 0 Å². The lowest BCUT2D eigenvalue weighted by Crippen LogP contribution is -2.20. The lowest BCUT2D eigenvalue weighted by molar-refractivity contribution is 0.00285. The molecule has 1 aliphatic carbocycles. The molecule has 2 unspecified atom stereocenters. The topological polar surface area (TPSA) is 79.2 Å². The standard InChI is InChI=1S/C14H21NO.C14H15NO.C13H14N2O.6C3H8/c2*1-2-16-14(12-8-4-3-5-9-12)13-10-6-7-11-15-13;1-2-16-13(11-7-3-5-9-14-11)12-8-4-6-10-15-12;6*1-3-2/h6-7,10-12,14H,2-5,8-9H2,1H3;3-11,14H,2H2,1H3;3-10,13H,2H2,1H3;6*3H2,1-2H3. The van der Waals surface area contributed by atoms with Crippen molar-refractivity contribution in [1.29, 1.82) is 0 Å². The molecule has 4 heterocycles. The van der Waals surface area contributed by atoms with Crippen LogP contribution in [-0.4, -0.2) is 39.8 Å². The summed E-state index contributed by atoms with van der Waals surface area (Å²) in [5.74, 6) is 0.670. The van der Waals surface area contributed by atoms with E-state index in [1.54, 1.807) is 18.6 Å². The van der Waals surface area contributed by atoms with Gasteiger partial charge in [0.05, 0.1) is 22.8 Å². The van der Waals surface area contributed by atoms with E-state index in [0.717, 1.165) is 34.9 Å². The molecule has 0 N–H and O–H groups in total. The molecule has 0 radical (unpaired) electrons. The Balaban J connectivity index is -0.000000763. The van der Waals surface area contributed by atoms with Crippen LogP contribution in [0.5, 0.6) is 0 Å². The Morgan fingerprint density at radius 3 is 0.985 bits per heavy atom. The molecular formula is C59H98N4O3. The van der Waals surface area contributed by atoms with Gasteiger partial charge in [-0.15, -0.1) is 0 Å². The average Bonchev–Trinajstić information content (AvgIpc) is 3.35. The number of ether oxygens (including phenoxy) is 3. The minimum Gasteiger partial charge on any atom is -0.372 e. The number of benzene rings is 1. The molecule has 7 heteroatoms. The summed E-state index contributed by atoms with van der Waals surface area (Å²) in [4.78, 5) is 17.4. The number of pyridine rings is 4. The lowest BCUT2D eigenvalue weighted by atomic mass is 9.84. The summed E-state index contributed by atoms with van der Waals surface area (Å²) < 4.78 is 17.3. The zero-order valence-corrected chi connectivity index (χ0v) is 44.8. The van der Waals surface area contributed by atoms with Crippen LogP contribution in [0.2, 0.25) is 0 Å². The Morgan fingerprint density at radius 2 is 0.667 bits per heavy atom. The van der Waals surface area contributed by atoms with Gasteiger partial charge in [-0.25, -0.2) is 0 Å². The number of hydrogen-bond donors (Lipinski definition) is 0. The SMILES string of the molecule is CCC.CCC.CCC.CCC.CCC.CCC.CCOC(c1ccccc1)c1ccccn1.CCOC(c1ccccn1)C1CCCCC1.CCOC(c1ccccn1)c1ccccn1. The van der Waals surface area contributed by atoms with Crippen molar-refractivity contribution in [2.45, 2.75) is 193 Å². The van der Waals surface area contributed by atoms with E-state index in [9.17, 15) is 0 Å². The first-order chi connectivity index (χ1) is 32.2. The van der Waals surface area contributed by atoms with Gasteiger partial charge in [0.1, 0.15) is 18.3 Å². The summed E-state index contributed by atoms with van der Waals surface area (Å²) >= 11 is 0. The molecule has 372 valence electrons. The van der Waals surface area contributed by atoms with Crippen LogP contribution in [0.1, 0.15) is 221 Å². The average molecular weight is 911 g/mol. The van der Waals surface area contributed by atoms with Gasteiger partial charge >= 0.3 is 0 Å². The predicted octanol–water partition coefficient (Wildman–Crippen LogP) is 18.0. The molecular weight excluding hydrogens is 813 g/mol. The van der Waals surface area contributed by atoms with Gasteiger partial charge in [0, 0.05) is 44.6 Å². The minimum absolute atomic E-state index is 0.0626. The zero-order chi connectivity index (χ0) is 49.9. The van der Waals surface area contributed by atoms with Gasteiger partial charge in [0.25, 0.3) is 0 Å². The van der Waals surface area contributed by atoms with Crippen molar-refractivity contribution in [3.05, 3.63) is 156 Å². The second kappa shape index (κ2) is 51.7. The molecule has 0 bridgehead atoms. The summed E-state index contributed by atoms with van der Waals surface area (Å²) in [7, 11) is 0. The summed E-state index contributed by atoms with van der Waals surface area (Å²) in [6, 6.07) is 33.8. The van der Waals surface area contributed by atoms with E-state index in [4.69, 9.17) is 14.2 Å². The Labute approximate surface area is 407 Å². The van der Waals surface area contributed by atoms with Gasteiger partial charge in [-0.1, -0.05) is 195 Å². The Kier molecular flexibility index (Phi) is 51.7. The van der Waals surface area contributed by atoms with Crippen molar-refractivity contribution in [1.82, 2.24) is 19.9 Å². The van der Waals surface area contributed by atoms with Gasteiger partial charge in [0.2, 0.25) is 0 Å². The monoisotopic (exact) mass is 911 g/mol. The molecule has 0 amide bonds. The summed E-state index contributed by atoms with van der Waals surface area (Å²) in [6.07, 6.45) is 21.3. The van der Waals surface area contributed by atoms with Crippen LogP contribution in [-0.2, 0) is 14.2 Å². The Hall–Kier alpha value is -4.30. The fourth-order valence-corrected chi connectivity index (χ4v) is 5.85. The zero-order valence-electron chi connectivity index (χ0n) is 44.8. The van der Waals surface area contributed by atoms with E-state index in [2.05, 4.69) is 134 Å². The second-order valence-corrected chi connectivity index (χ2v) is 15.6. The van der Waals surface area contributed by atoms with E-state index in [0.29, 0.717) is 19.1 Å². The highest BCUT2D eigenvalue weighted by molar-refractivity contribution is 5.26. The maximum absolute atomic E-state index is 5.90. The van der Waals surface area contributed by atoms with E-state index in [1.165, 1.54) is 70.6 Å².